The Morgan fingerprint density at radius 2 is 2.00 bits per heavy atom. The summed E-state index contributed by atoms with van der Waals surface area (Å²) in [7, 11) is 0. The lowest BCUT2D eigenvalue weighted by molar-refractivity contribution is 0.108. The molecule has 0 unspecified atom stereocenters. The van der Waals surface area contributed by atoms with E-state index in [2.05, 4.69) is 4.42 Å². The van der Waals surface area contributed by atoms with Crippen molar-refractivity contribution in [2.45, 2.75) is 0 Å². The monoisotopic (exact) mass is 152 g/mol. The number of carbonyl (C=O) groups excluding carboxylic acids is 2. The average Bonchev–Trinajstić information content (AvgIpc) is 2.04. The summed E-state index contributed by atoms with van der Waals surface area (Å²) in [5, 5.41) is 0. The molecule has 4 nitrogen and oxygen atoms in total. The first-order valence-electron chi connectivity index (χ1n) is 2.81. The minimum absolute atomic E-state index is 0.0828. The van der Waals surface area contributed by atoms with Gasteiger partial charge in [0.1, 0.15) is 6.26 Å². The van der Waals surface area contributed by atoms with Gasteiger partial charge in [0, 0.05) is 6.07 Å². The molecule has 4 heteroatoms. The Balaban J connectivity index is 3.30. The topological polar surface area (TPSA) is 64.3 Å². The third-order valence-corrected chi connectivity index (χ3v) is 1.12. The second-order valence-electron chi connectivity index (χ2n) is 1.84. The van der Waals surface area contributed by atoms with E-state index in [1.807, 2.05) is 0 Å². The normalized spacial score (nSPS) is 9.09. The van der Waals surface area contributed by atoms with Crippen LogP contribution in [0.25, 0.3) is 0 Å². The van der Waals surface area contributed by atoms with E-state index in [1.165, 1.54) is 0 Å². The van der Waals surface area contributed by atoms with Gasteiger partial charge in [-0.25, -0.2) is 0 Å². The van der Waals surface area contributed by atoms with E-state index in [1.54, 1.807) is 0 Å². The molecule has 0 aliphatic heterocycles. The Kier molecular flexibility index (Phi) is 1.96. The van der Waals surface area contributed by atoms with Crippen molar-refractivity contribution in [3.05, 3.63) is 33.9 Å². The Labute approximate surface area is 61.5 Å². The molecule has 0 amide bonds. The first kappa shape index (κ1) is 7.40. The molecule has 0 spiro atoms. The molecule has 0 saturated carbocycles. The smallest absolute Gasteiger partial charge is 0.196 e. The minimum Gasteiger partial charge on any atom is -0.461 e. The zero-order chi connectivity index (χ0) is 8.27. The molecule has 0 aliphatic carbocycles. The van der Waals surface area contributed by atoms with Gasteiger partial charge in [-0.05, 0) is 0 Å². The first-order chi connectivity index (χ1) is 5.27. The highest BCUT2D eigenvalue weighted by molar-refractivity contribution is 5.75. The van der Waals surface area contributed by atoms with Crippen molar-refractivity contribution in [2.75, 3.05) is 0 Å². The number of hydrogen-bond acceptors (Lipinski definition) is 4. The van der Waals surface area contributed by atoms with Crippen molar-refractivity contribution in [3.63, 3.8) is 0 Å². The van der Waals surface area contributed by atoms with Crippen LogP contribution in [0.5, 0.6) is 0 Å². The van der Waals surface area contributed by atoms with Crippen LogP contribution < -0.4 is 5.43 Å². The van der Waals surface area contributed by atoms with Gasteiger partial charge in [-0.15, -0.1) is 0 Å². The summed E-state index contributed by atoms with van der Waals surface area (Å²) in [5.41, 5.74) is -0.594. The molecule has 0 aromatic carbocycles. The molecule has 11 heavy (non-hydrogen) atoms. The molecular weight excluding hydrogens is 148 g/mol. The van der Waals surface area contributed by atoms with Crippen LogP contribution in [0.4, 0.5) is 0 Å². The summed E-state index contributed by atoms with van der Waals surface area (Å²) < 4.78 is 4.58. The maximum absolute atomic E-state index is 10.8. The van der Waals surface area contributed by atoms with Crippen LogP contribution in [0.3, 0.4) is 0 Å². The van der Waals surface area contributed by atoms with Gasteiger partial charge in [0.2, 0.25) is 0 Å². The maximum Gasteiger partial charge on any atom is 0.196 e. The fraction of sp³-hybridized carbons (Fsp3) is 0. The van der Waals surface area contributed by atoms with Crippen LogP contribution in [-0.4, -0.2) is 12.6 Å². The molecule has 1 rings (SSSR count). The molecule has 0 N–H and O–H groups in total. The lowest BCUT2D eigenvalue weighted by atomic mass is 10.3. The van der Waals surface area contributed by atoms with Gasteiger partial charge in [-0.1, -0.05) is 0 Å². The van der Waals surface area contributed by atoms with Gasteiger partial charge in [0.15, 0.2) is 23.8 Å². The molecule has 1 heterocycles. The van der Waals surface area contributed by atoms with E-state index in [4.69, 9.17) is 0 Å². The molecular formula is C7H4O4. The summed E-state index contributed by atoms with van der Waals surface area (Å²) in [6.45, 7) is 0. The van der Waals surface area contributed by atoms with E-state index in [9.17, 15) is 14.4 Å². The predicted octanol–water partition coefficient (Wildman–Crippen LogP) is 0.265. The molecule has 0 saturated heterocycles. The zero-order valence-corrected chi connectivity index (χ0v) is 5.44. The van der Waals surface area contributed by atoms with Gasteiger partial charge >= 0.3 is 0 Å². The molecule has 0 atom stereocenters. The van der Waals surface area contributed by atoms with Crippen molar-refractivity contribution in [2.24, 2.45) is 0 Å². The number of rotatable bonds is 2. The summed E-state index contributed by atoms with van der Waals surface area (Å²) in [6.07, 6.45) is 1.73. The van der Waals surface area contributed by atoms with E-state index in [0.29, 0.717) is 12.6 Å². The van der Waals surface area contributed by atoms with Crippen LogP contribution >= 0.6 is 0 Å². The van der Waals surface area contributed by atoms with Crippen molar-refractivity contribution < 1.29 is 14.0 Å². The third kappa shape index (κ3) is 1.40. The molecule has 0 fully saturated rings. The molecule has 0 aliphatic rings. The summed E-state index contributed by atoms with van der Waals surface area (Å²) in [5.74, 6) is -0.0828. The third-order valence-electron chi connectivity index (χ3n) is 1.12. The second-order valence-corrected chi connectivity index (χ2v) is 1.84. The number of aldehydes is 2. The zero-order valence-electron chi connectivity index (χ0n) is 5.44. The molecule has 1 aromatic heterocycles. The quantitative estimate of drug-likeness (QED) is 0.570. The van der Waals surface area contributed by atoms with E-state index < -0.39 is 5.43 Å². The van der Waals surface area contributed by atoms with Gasteiger partial charge in [-0.2, -0.15) is 0 Å². The van der Waals surface area contributed by atoms with Crippen molar-refractivity contribution in [1.29, 1.82) is 0 Å². The first-order valence-corrected chi connectivity index (χ1v) is 2.81. The Morgan fingerprint density at radius 3 is 2.45 bits per heavy atom. The van der Waals surface area contributed by atoms with Gasteiger partial charge in [0.05, 0.1) is 5.56 Å². The van der Waals surface area contributed by atoms with Gasteiger partial charge < -0.3 is 4.42 Å². The van der Waals surface area contributed by atoms with E-state index in [-0.39, 0.29) is 11.3 Å². The molecule has 56 valence electrons. The van der Waals surface area contributed by atoms with Crippen LogP contribution in [0, 0.1) is 0 Å². The SMILES string of the molecule is O=Cc1cc(=O)c(C=O)co1. The average molecular weight is 152 g/mol. The van der Waals surface area contributed by atoms with Crippen LogP contribution in [0.1, 0.15) is 20.9 Å². The highest BCUT2D eigenvalue weighted by atomic mass is 16.3. The maximum atomic E-state index is 10.8. The number of carbonyl (C=O) groups is 2. The summed E-state index contributed by atoms with van der Waals surface area (Å²) >= 11 is 0. The van der Waals surface area contributed by atoms with Crippen molar-refractivity contribution >= 4 is 12.6 Å². The van der Waals surface area contributed by atoms with E-state index >= 15 is 0 Å². The highest BCUT2D eigenvalue weighted by Gasteiger charge is 1.99. The lowest BCUT2D eigenvalue weighted by Crippen LogP contribution is -2.06. The Morgan fingerprint density at radius 1 is 1.27 bits per heavy atom. The lowest BCUT2D eigenvalue weighted by Gasteiger charge is -1.88. The van der Waals surface area contributed by atoms with Crippen LogP contribution in [0.15, 0.2) is 21.5 Å². The largest absolute Gasteiger partial charge is 0.461 e. The summed E-state index contributed by atoms with van der Waals surface area (Å²) in [4.78, 5) is 30.9. The van der Waals surface area contributed by atoms with Crippen molar-refractivity contribution in [3.8, 4) is 0 Å². The standard InChI is InChI=1S/C7H4O4/c8-2-5-4-11-6(3-9)1-7(5)10/h1-4H. The Hall–Kier alpha value is -1.71. The fourth-order valence-electron chi connectivity index (χ4n) is 0.584. The minimum atomic E-state index is -0.506. The van der Waals surface area contributed by atoms with Gasteiger partial charge in [0.25, 0.3) is 0 Å². The molecule has 0 bridgehead atoms. The van der Waals surface area contributed by atoms with Crippen LogP contribution in [-0.2, 0) is 0 Å². The van der Waals surface area contributed by atoms with Gasteiger partial charge in [-0.3, -0.25) is 14.4 Å². The van der Waals surface area contributed by atoms with Crippen LogP contribution in [0.2, 0.25) is 0 Å². The fourth-order valence-corrected chi connectivity index (χ4v) is 0.584. The predicted molar refractivity (Wildman–Crippen MR) is 35.8 cm³/mol. The molecule has 1 aromatic rings. The summed E-state index contributed by atoms with van der Waals surface area (Å²) in [6, 6.07) is 0.969. The Bertz CT molecular complexity index is 337. The van der Waals surface area contributed by atoms with E-state index in [0.717, 1.165) is 12.3 Å². The number of hydrogen-bond donors (Lipinski definition) is 0. The molecule has 0 radical (unpaired) electrons. The highest BCUT2D eigenvalue weighted by Crippen LogP contribution is 1.92. The van der Waals surface area contributed by atoms with Crippen molar-refractivity contribution in [1.82, 2.24) is 0 Å². The second kappa shape index (κ2) is 2.92.